The van der Waals surface area contributed by atoms with Crippen LogP contribution in [-0.2, 0) is 12.0 Å². The highest BCUT2D eigenvalue weighted by Gasteiger charge is 2.25. The minimum Gasteiger partial charge on any atom is -0.348 e. The van der Waals surface area contributed by atoms with Crippen LogP contribution in [0.4, 0.5) is 5.13 Å². The van der Waals surface area contributed by atoms with Crippen LogP contribution in [0.15, 0.2) is 0 Å². The molecule has 1 aromatic heterocycles. The van der Waals surface area contributed by atoms with Gasteiger partial charge in [0, 0.05) is 36.0 Å². The normalized spacial score (nSPS) is 17.0. The van der Waals surface area contributed by atoms with E-state index in [1.165, 1.54) is 48.1 Å². The summed E-state index contributed by atoms with van der Waals surface area (Å²) >= 11 is 1.89. The number of rotatable bonds is 4. The number of thiazole rings is 1. The van der Waals surface area contributed by atoms with Crippen LogP contribution in [0.25, 0.3) is 0 Å². The standard InChI is InChI=1S/C16H29N3S/c1-12(2)17-11-13-14(16(3,4)5)18-15(20-13)19-9-7-6-8-10-19/h12,17H,6-11H2,1-5H3. The molecule has 0 amide bonds. The van der Waals surface area contributed by atoms with Crippen LogP contribution < -0.4 is 10.2 Å². The Bertz CT molecular complexity index is 425. The van der Waals surface area contributed by atoms with Crippen LogP contribution in [0.5, 0.6) is 0 Å². The Kier molecular flexibility index (Phi) is 5.08. The summed E-state index contributed by atoms with van der Waals surface area (Å²) in [4.78, 5) is 8.87. The van der Waals surface area contributed by atoms with Crippen LogP contribution in [0, 0.1) is 0 Å². The van der Waals surface area contributed by atoms with E-state index in [-0.39, 0.29) is 5.41 Å². The van der Waals surface area contributed by atoms with Gasteiger partial charge in [-0.25, -0.2) is 4.98 Å². The first-order valence-corrected chi connectivity index (χ1v) is 8.68. The third-order valence-electron chi connectivity index (χ3n) is 3.69. The van der Waals surface area contributed by atoms with Crippen molar-refractivity contribution in [3.63, 3.8) is 0 Å². The van der Waals surface area contributed by atoms with Crippen molar-refractivity contribution < 1.29 is 0 Å². The van der Waals surface area contributed by atoms with Crippen molar-refractivity contribution >= 4 is 16.5 Å². The molecule has 0 saturated carbocycles. The summed E-state index contributed by atoms with van der Waals surface area (Å²) in [6.45, 7) is 14.5. The minimum atomic E-state index is 0.124. The lowest BCUT2D eigenvalue weighted by molar-refractivity contribution is 0.542. The summed E-state index contributed by atoms with van der Waals surface area (Å²) in [6, 6.07) is 0.517. The number of nitrogens with zero attached hydrogens (tertiary/aromatic N) is 2. The van der Waals surface area contributed by atoms with E-state index in [0.717, 1.165) is 6.54 Å². The second-order valence-electron chi connectivity index (χ2n) is 7.10. The lowest BCUT2D eigenvalue weighted by Gasteiger charge is -2.26. The predicted octanol–water partition coefficient (Wildman–Crippen LogP) is 3.93. The van der Waals surface area contributed by atoms with Gasteiger partial charge in [0.25, 0.3) is 0 Å². The van der Waals surface area contributed by atoms with E-state index in [2.05, 4.69) is 44.8 Å². The van der Waals surface area contributed by atoms with E-state index in [1.54, 1.807) is 0 Å². The van der Waals surface area contributed by atoms with Gasteiger partial charge in [0.1, 0.15) is 0 Å². The Hall–Kier alpha value is -0.610. The quantitative estimate of drug-likeness (QED) is 0.912. The molecule has 0 radical (unpaired) electrons. The topological polar surface area (TPSA) is 28.2 Å². The third-order valence-corrected chi connectivity index (χ3v) is 4.81. The van der Waals surface area contributed by atoms with Crippen molar-refractivity contribution in [3.8, 4) is 0 Å². The second-order valence-corrected chi connectivity index (χ2v) is 8.16. The Labute approximate surface area is 127 Å². The first-order valence-electron chi connectivity index (χ1n) is 7.86. The number of nitrogens with one attached hydrogen (secondary N) is 1. The molecule has 4 heteroatoms. The lowest BCUT2D eigenvalue weighted by atomic mass is 9.91. The second kappa shape index (κ2) is 6.44. The molecule has 0 aromatic carbocycles. The number of anilines is 1. The van der Waals surface area contributed by atoms with Gasteiger partial charge in [-0.3, -0.25) is 0 Å². The minimum absolute atomic E-state index is 0.124. The summed E-state index contributed by atoms with van der Waals surface area (Å²) in [6.07, 6.45) is 3.99. The van der Waals surface area contributed by atoms with Crippen LogP contribution >= 0.6 is 11.3 Å². The first kappa shape index (κ1) is 15.8. The maximum atomic E-state index is 4.99. The highest BCUT2D eigenvalue weighted by molar-refractivity contribution is 7.15. The molecular weight excluding hydrogens is 266 g/mol. The largest absolute Gasteiger partial charge is 0.348 e. The fourth-order valence-corrected chi connectivity index (χ4v) is 3.84. The number of hydrogen-bond donors (Lipinski definition) is 1. The molecule has 0 bridgehead atoms. The van der Waals surface area contributed by atoms with Crippen molar-refractivity contribution in [2.24, 2.45) is 0 Å². The van der Waals surface area contributed by atoms with Crippen molar-refractivity contribution in [2.75, 3.05) is 18.0 Å². The van der Waals surface area contributed by atoms with Crippen LogP contribution in [0.2, 0.25) is 0 Å². The highest BCUT2D eigenvalue weighted by atomic mass is 32.1. The molecule has 0 spiro atoms. The van der Waals surface area contributed by atoms with E-state index in [4.69, 9.17) is 4.98 Å². The van der Waals surface area contributed by atoms with Gasteiger partial charge >= 0.3 is 0 Å². The van der Waals surface area contributed by atoms with Gasteiger partial charge in [-0.1, -0.05) is 34.6 Å². The molecule has 1 N–H and O–H groups in total. The summed E-state index contributed by atoms with van der Waals surface area (Å²) in [5, 5.41) is 4.77. The van der Waals surface area contributed by atoms with Gasteiger partial charge in [-0.05, 0) is 19.3 Å². The molecule has 1 aliphatic heterocycles. The van der Waals surface area contributed by atoms with Gasteiger partial charge in [-0.15, -0.1) is 11.3 Å². The molecule has 0 aliphatic carbocycles. The molecule has 114 valence electrons. The summed E-state index contributed by atoms with van der Waals surface area (Å²) in [5.74, 6) is 0. The molecule has 0 unspecified atom stereocenters. The maximum Gasteiger partial charge on any atom is 0.185 e. The van der Waals surface area contributed by atoms with E-state index >= 15 is 0 Å². The molecule has 1 fully saturated rings. The van der Waals surface area contributed by atoms with Crippen molar-refractivity contribution in [1.29, 1.82) is 0 Å². The maximum absolute atomic E-state index is 4.99. The predicted molar refractivity (Wildman–Crippen MR) is 88.9 cm³/mol. The van der Waals surface area contributed by atoms with E-state index < -0.39 is 0 Å². The molecule has 1 aliphatic rings. The monoisotopic (exact) mass is 295 g/mol. The zero-order valence-corrected chi connectivity index (χ0v) is 14.4. The number of hydrogen-bond acceptors (Lipinski definition) is 4. The Morgan fingerprint density at radius 3 is 2.40 bits per heavy atom. The molecule has 3 nitrogen and oxygen atoms in total. The fraction of sp³-hybridized carbons (Fsp3) is 0.812. The SMILES string of the molecule is CC(C)NCc1sc(N2CCCCC2)nc1C(C)(C)C. The summed E-state index contributed by atoms with van der Waals surface area (Å²) in [5.41, 5.74) is 1.40. The lowest BCUT2D eigenvalue weighted by Crippen LogP contribution is -2.29. The zero-order valence-electron chi connectivity index (χ0n) is 13.6. The molecule has 20 heavy (non-hydrogen) atoms. The molecular formula is C16H29N3S. The van der Waals surface area contributed by atoms with Crippen molar-refractivity contribution in [3.05, 3.63) is 10.6 Å². The van der Waals surface area contributed by atoms with E-state index in [0.29, 0.717) is 6.04 Å². The third kappa shape index (κ3) is 3.95. The van der Waals surface area contributed by atoms with E-state index in [9.17, 15) is 0 Å². The Morgan fingerprint density at radius 1 is 1.20 bits per heavy atom. The summed E-state index contributed by atoms with van der Waals surface area (Å²) < 4.78 is 0. The fourth-order valence-electron chi connectivity index (χ4n) is 2.56. The first-order chi connectivity index (χ1) is 9.38. The average Bonchev–Trinajstić information content (AvgIpc) is 2.81. The Morgan fingerprint density at radius 2 is 1.85 bits per heavy atom. The van der Waals surface area contributed by atoms with Gasteiger partial charge in [0.2, 0.25) is 0 Å². The zero-order chi connectivity index (χ0) is 14.8. The molecule has 1 saturated heterocycles. The van der Waals surface area contributed by atoms with Crippen LogP contribution in [-0.4, -0.2) is 24.1 Å². The van der Waals surface area contributed by atoms with Gasteiger partial charge in [-0.2, -0.15) is 0 Å². The summed E-state index contributed by atoms with van der Waals surface area (Å²) in [7, 11) is 0. The number of aromatic nitrogens is 1. The average molecular weight is 295 g/mol. The number of piperidine rings is 1. The van der Waals surface area contributed by atoms with Crippen molar-refractivity contribution in [2.45, 2.75) is 71.9 Å². The molecule has 0 atom stereocenters. The molecule has 1 aromatic rings. The van der Waals surface area contributed by atoms with Gasteiger partial charge in [0.05, 0.1) is 5.69 Å². The highest BCUT2D eigenvalue weighted by Crippen LogP contribution is 2.34. The molecule has 2 heterocycles. The van der Waals surface area contributed by atoms with Crippen LogP contribution in [0.1, 0.15) is 64.5 Å². The molecule has 2 rings (SSSR count). The smallest absolute Gasteiger partial charge is 0.185 e. The van der Waals surface area contributed by atoms with E-state index in [1.807, 2.05) is 11.3 Å². The Balaban J connectivity index is 2.21. The van der Waals surface area contributed by atoms with Crippen LogP contribution in [0.3, 0.4) is 0 Å². The van der Waals surface area contributed by atoms with Gasteiger partial charge < -0.3 is 10.2 Å². The van der Waals surface area contributed by atoms with Gasteiger partial charge in [0.15, 0.2) is 5.13 Å². The van der Waals surface area contributed by atoms with Crippen molar-refractivity contribution in [1.82, 2.24) is 10.3 Å².